The molecule has 24 heavy (non-hydrogen) atoms. The van der Waals surface area contributed by atoms with E-state index in [1.54, 1.807) is 25.4 Å². The highest BCUT2D eigenvalue weighted by atomic mass is 16.2. The molecule has 2 aromatic heterocycles. The highest BCUT2D eigenvalue weighted by molar-refractivity contribution is 5.93. The lowest BCUT2D eigenvalue weighted by molar-refractivity contribution is -0.129. The first-order valence-electron chi connectivity index (χ1n) is 7.78. The molecule has 1 aliphatic heterocycles. The predicted molar refractivity (Wildman–Crippen MR) is 84.6 cm³/mol. The molecule has 1 saturated heterocycles. The summed E-state index contributed by atoms with van der Waals surface area (Å²) in [5, 5.41) is 10.1. The van der Waals surface area contributed by atoms with E-state index in [4.69, 9.17) is 0 Å². The van der Waals surface area contributed by atoms with Gasteiger partial charge < -0.3 is 10.2 Å². The van der Waals surface area contributed by atoms with Gasteiger partial charge in [0.05, 0.1) is 54.3 Å². The molecule has 2 aromatic rings. The van der Waals surface area contributed by atoms with Crippen LogP contribution in [0.2, 0.25) is 0 Å². The zero-order valence-corrected chi connectivity index (χ0v) is 13.3. The molecule has 3 rings (SSSR count). The number of rotatable bonds is 4. The fourth-order valence-corrected chi connectivity index (χ4v) is 2.82. The number of carbonyl (C=O) groups is 2. The molecule has 8 nitrogen and oxygen atoms in total. The third-order valence-corrected chi connectivity index (χ3v) is 3.98. The summed E-state index contributed by atoms with van der Waals surface area (Å²) in [4.78, 5) is 34.3. The van der Waals surface area contributed by atoms with Crippen LogP contribution in [0.4, 0.5) is 0 Å². The Balaban J connectivity index is 1.67. The Kier molecular flexibility index (Phi) is 4.74. The van der Waals surface area contributed by atoms with Crippen LogP contribution in [0.15, 0.2) is 30.9 Å². The summed E-state index contributed by atoms with van der Waals surface area (Å²) in [5.74, 6) is -0.202. The third-order valence-electron chi connectivity index (χ3n) is 3.98. The molecule has 0 bridgehead atoms. The van der Waals surface area contributed by atoms with Crippen LogP contribution in [0.3, 0.4) is 0 Å². The molecular formula is C16H18N6O2. The number of hydrogen-bond acceptors (Lipinski definition) is 6. The minimum Gasteiger partial charge on any atom is -0.346 e. The van der Waals surface area contributed by atoms with Crippen molar-refractivity contribution in [2.75, 3.05) is 6.54 Å². The Morgan fingerprint density at radius 3 is 2.92 bits per heavy atom. The van der Waals surface area contributed by atoms with Gasteiger partial charge in [-0.15, -0.1) is 0 Å². The number of aromatic nitrogens is 4. The first kappa shape index (κ1) is 16.0. The normalized spacial score (nSPS) is 16.9. The van der Waals surface area contributed by atoms with E-state index in [9.17, 15) is 9.59 Å². The lowest BCUT2D eigenvalue weighted by Gasteiger charge is -2.22. The smallest absolute Gasteiger partial charge is 0.253 e. The van der Waals surface area contributed by atoms with Crippen molar-refractivity contribution in [3.8, 4) is 0 Å². The van der Waals surface area contributed by atoms with Gasteiger partial charge in [0.2, 0.25) is 5.91 Å². The molecule has 0 unspecified atom stereocenters. The quantitative estimate of drug-likeness (QED) is 0.895. The maximum absolute atomic E-state index is 12.0. The van der Waals surface area contributed by atoms with Crippen molar-refractivity contribution in [3.05, 3.63) is 47.8 Å². The van der Waals surface area contributed by atoms with Crippen LogP contribution in [-0.4, -0.2) is 43.4 Å². The van der Waals surface area contributed by atoms with Gasteiger partial charge in [-0.05, 0) is 18.9 Å². The Hall–Kier alpha value is -2.90. The lowest BCUT2D eigenvalue weighted by atomic mass is 10.1. The van der Waals surface area contributed by atoms with E-state index in [2.05, 4.69) is 25.5 Å². The van der Waals surface area contributed by atoms with Crippen LogP contribution in [0, 0.1) is 0 Å². The van der Waals surface area contributed by atoms with Gasteiger partial charge in [-0.1, -0.05) is 0 Å². The highest BCUT2D eigenvalue weighted by Crippen LogP contribution is 2.30. The van der Waals surface area contributed by atoms with Gasteiger partial charge in [-0.2, -0.15) is 10.2 Å². The highest BCUT2D eigenvalue weighted by Gasteiger charge is 2.29. The molecule has 0 saturated carbocycles. The SMILES string of the molecule is CC(=O)N1CCC[C@H]1c1cncc(CNC(=O)c2ccnnc2)n1. The summed E-state index contributed by atoms with van der Waals surface area (Å²) in [6.07, 6.45) is 8.01. The summed E-state index contributed by atoms with van der Waals surface area (Å²) in [5.41, 5.74) is 1.85. The molecule has 1 atom stereocenters. The molecule has 0 spiro atoms. The van der Waals surface area contributed by atoms with Gasteiger partial charge in [0.15, 0.2) is 0 Å². The summed E-state index contributed by atoms with van der Waals surface area (Å²) in [6.45, 7) is 2.57. The minimum absolute atomic E-state index is 0.0324. The molecule has 1 fully saturated rings. The van der Waals surface area contributed by atoms with E-state index < -0.39 is 0 Å². The predicted octanol–water partition coefficient (Wildman–Crippen LogP) is 0.880. The van der Waals surface area contributed by atoms with E-state index in [1.165, 1.54) is 12.4 Å². The first-order valence-corrected chi connectivity index (χ1v) is 7.78. The number of likely N-dealkylation sites (tertiary alicyclic amines) is 1. The number of amides is 2. The molecule has 1 N–H and O–H groups in total. The van der Waals surface area contributed by atoms with Crippen LogP contribution in [-0.2, 0) is 11.3 Å². The van der Waals surface area contributed by atoms with Gasteiger partial charge >= 0.3 is 0 Å². The minimum atomic E-state index is -0.247. The topological polar surface area (TPSA) is 101 Å². The molecule has 0 aromatic carbocycles. The Labute approximate surface area is 139 Å². The van der Waals surface area contributed by atoms with Crippen LogP contribution in [0.25, 0.3) is 0 Å². The zero-order valence-electron chi connectivity index (χ0n) is 13.3. The van der Waals surface area contributed by atoms with Gasteiger partial charge in [0, 0.05) is 13.5 Å². The van der Waals surface area contributed by atoms with Crippen LogP contribution < -0.4 is 5.32 Å². The number of nitrogens with one attached hydrogen (secondary N) is 1. The number of nitrogens with zero attached hydrogens (tertiary/aromatic N) is 5. The molecule has 3 heterocycles. The fraction of sp³-hybridized carbons (Fsp3) is 0.375. The number of hydrogen-bond donors (Lipinski definition) is 1. The second kappa shape index (κ2) is 7.12. The maximum Gasteiger partial charge on any atom is 0.253 e. The molecule has 1 aliphatic rings. The van der Waals surface area contributed by atoms with Gasteiger partial charge in [0.1, 0.15) is 0 Å². The van der Waals surface area contributed by atoms with Crippen molar-refractivity contribution in [1.29, 1.82) is 0 Å². The number of carbonyl (C=O) groups excluding carboxylic acids is 2. The molecule has 0 aliphatic carbocycles. The van der Waals surface area contributed by atoms with Crippen molar-refractivity contribution in [2.45, 2.75) is 32.4 Å². The summed E-state index contributed by atoms with van der Waals surface area (Å²) in [6, 6.07) is 1.56. The summed E-state index contributed by atoms with van der Waals surface area (Å²) in [7, 11) is 0. The average molecular weight is 326 g/mol. The molecule has 8 heteroatoms. The molecule has 124 valence electrons. The van der Waals surface area contributed by atoms with E-state index >= 15 is 0 Å². The Morgan fingerprint density at radius 1 is 1.29 bits per heavy atom. The molecule has 0 radical (unpaired) electrons. The standard InChI is InChI=1S/C16H18N6O2/c1-11(23)22-6-2-3-15(22)14-10-17-8-13(21-14)9-18-16(24)12-4-5-19-20-7-12/h4-5,7-8,10,15H,2-3,6,9H2,1H3,(H,18,24)/t15-/m0/s1. The lowest BCUT2D eigenvalue weighted by Crippen LogP contribution is -2.29. The van der Waals surface area contributed by atoms with Gasteiger partial charge in [-0.3, -0.25) is 19.6 Å². The second-order valence-electron chi connectivity index (χ2n) is 5.62. The van der Waals surface area contributed by atoms with Crippen molar-refractivity contribution in [1.82, 2.24) is 30.4 Å². The van der Waals surface area contributed by atoms with E-state index in [0.717, 1.165) is 25.1 Å². The van der Waals surface area contributed by atoms with E-state index in [0.29, 0.717) is 11.3 Å². The van der Waals surface area contributed by atoms with Crippen molar-refractivity contribution in [2.24, 2.45) is 0 Å². The van der Waals surface area contributed by atoms with Gasteiger partial charge in [-0.25, -0.2) is 0 Å². The van der Waals surface area contributed by atoms with E-state index in [-0.39, 0.29) is 24.4 Å². The van der Waals surface area contributed by atoms with E-state index in [1.807, 2.05) is 4.90 Å². The molecular weight excluding hydrogens is 308 g/mol. The summed E-state index contributed by atoms with van der Waals surface area (Å²) < 4.78 is 0. The monoisotopic (exact) mass is 326 g/mol. The van der Waals surface area contributed by atoms with Crippen LogP contribution >= 0.6 is 0 Å². The maximum atomic E-state index is 12.0. The Bertz CT molecular complexity index is 736. The van der Waals surface area contributed by atoms with Gasteiger partial charge in [0.25, 0.3) is 5.91 Å². The first-order chi connectivity index (χ1) is 11.6. The van der Waals surface area contributed by atoms with Crippen molar-refractivity contribution < 1.29 is 9.59 Å². The average Bonchev–Trinajstić information content (AvgIpc) is 3.11. The largest absolute Gasteiger partial charge is 0.346 e. The van der Waals surface area contributed by atoms with Crippen molar-refractivity contribution in [3.63, 3.8) is 0 Å². The second-order valence-corrected chi connectivity index (χ2v) is 5.62. The Morgan fingerprint density at radius 2 is 2.17 bits per heavy atom. The fourth-order valence-electron chi connectivity index (χ4n) is 2.82. The third kappa shape index (κ3) is 3.53. The van der Waals surface area contributed by atoms with Crippen molar-refractivity contribution >= 4 is 11.8 Å². The van der Waals surface area contributed by atoms with Crippen LogP contribution in [0.1, 0.15) is 47.6 Å². The summed E-state index contributed by atoms with van der Waals surface area (Å²) >= 11 is 0. The molecule has 2 amide bonds. The zero-order chi connectivity index (χ0) is 16.9. The van der Waals surface area contributed by atoms with Crippen LogP contribution in [0.5, 0.6) is 0 Å².